The highest BCUT2D eigenvalue weighted by atomic mass is 32.2. The van der Waals surface area contributed by atoms with Crippen LogP contribution in [0, 0.1) is 0 Å². The van der Waals surface area contributed by atoms with Crippen molar-refractivity contribution in [1.82, 2.24) is 4.90 Å². The van der Waals surface area contributed by atoms with Crippen molar-refractivity contribution in [3.05, 3.63) is 47.3 Å². The van der Waals surface area contributed by atoms with Crippen LogP contribution in [0.1, 0.15) is 5.76 Å². The summed E-state index contributed by atoms with van der Waals surface area (Å²) < 4.78 is 5.18. The van der Waals surface area contributed by atoms with E-state index in [2.05, 4.69) is 15.2 Å². The molecule has 0 saturated carbocycles. The summed E-state index contributed by atoms with van der Waals surface area (Å²) >= 11 is 2.40. The molecule has 3 aliphatic rings. The lowest BCUT2D eigenvalue weighted by molar-refractivity contribution is -0.127. The predicted molar refractivity (Wildman–Crippen MR) is 112 cm³/mol. The summed E-state index contributed by atoms with van der Waals surface area (Å²) in [5, 5.41) is 3.27. The molecule has 1 N–H and O–H groups in total. The van der Waals surface area contributed by atoms with E-state index in [1.807, 2.05) is 12.1 Å². The van der Waals surface area contributed by atoms with Crippen LogP contribution < -0.4 is 10.2 Å². The molecule has 1 saturated heterocycles. The Morgan fingerprint density at radius 1 is 1.28 bits per heavy atom. The topological polar surface area (TPSA) is 95.2 Å². The number of aliphatic imine (C=N–C) groups is 1. The number of amides is 3. The molecule has 2 aromatic rings. The number of hydrogen-bond donors (Lipinski definition) is 1. The standard InChI is InChI=1S/C19H14N4O4S2/c24-16(10-23-17(25)15(29-19(23)26)9-12-2-1-7-27-12)21-11-3-4-14-13(8-11)22-6-5-20-18(22)28-14/h1-4,7-9H,5-6,10H2,(H,21,24). The summed E-state index contributed by atoms with van der Waals surface area (Å²) in [7, 11) is 0. The number of rotatable bonds is 4. The highest BCUT2D eigenvalue weighted by Crippen LogP contribution is 2.43. The van der Waals surface area contributed by atoms with Crippen LogP contribution in [-0.2, 0) is 9.59 Å². The third kappa shape index (κ3) is 3.34. The Balaban J connectivity index is 1.27. The zero-order valence-corrected chi connectivity index (χ0v) is 16.6. The molecule has 3 amide bonds. The van der Waals surface area contributed by atoms with Crippen molar-refractivity contribution in [3.8, 4) is 0 Å². The zero-order valence-electron chi connectivity index (χ0n) is 15.0. The van der Waals surface area contributed by atoms with Crippen LogP contribution in [0.5, 0.6) is 0 Å². The maximum atomic E-state index is 12.5. The molecule has 3 aliphatic heterocycles. The summed E-state index contributed by atoms with van der Waals surface area (Å²) in [6.45, 7) is 1.25. The second kappa shape index (κ2) is 7.12. The lowest BCUT2D eigenvalue weighted by atomic mass is 10.2. The van der Waals surface area contributed by atoms with E-state index in [1.54, 1.807) is 30.0 Å². The third-order valence-corrected chi connectivity index (χ3v) is 6.53. The number of carbonyl (C=O) groups excluding carboxylic acids is 3. The number of nitrogens with zero attached hydrogens (tertiary/aromatic N) is 3. The summed E-state index contributed by atoms with van der Waals surface area (Å²) in [6.07, 6.45) is 2.98. The molecule has 0 unspecified atom stereocenters. The average Bonchev–Trinajstić information content (AvgIpc) is 3.45. The predicted octanol–water partition coefficient (Wildman–Crippen LogP) is 3.24. The average molecular weight is 426 g/mol. The van der Waals surface area contributed by atoms with E-state index >= 15 is 0 Å². The van der Waals surface area contributed by atoms with E-state index in [4.69, 9.17) is 4.42 Å². The van der Waals surface area contributed by atoms with Crippen LogP contribution in [0.15, 0.2) is 55.8 Å². The molecule has 0 radical (unpaired) electrons. The van der Waals surface area contributed by atoms with Crippen LogP contribution >= 0.6 is 23.5 Å². The van der Waals surface area contributed by atoms with E-state index in [9.17, 15) is 14.4 Å². The van der Waals surface area contributed by atoms with Crippen molar-refractivity contribution in [1.29, 1.82) is 0 Å². The smallest absolute Gasteiger partial charge is 0.294 e. The highest BCUT2D eigenvalue weighted by Gasteiger charge is 2.36. The quantitative estimate of drug-likeness (QED) is 0.750. The Morgan fingerprint density at radius 2 is 2.17 bits per heavy atom. The number of carbonyl (C=O) groups is 3. The molecule has 1 aromatic heterocycles. The van der Waals surface area contributed by atoms with Gasteiger partial charge in [0, 0.05) is 23.2 Å². The molecule has 146 valence electrons. The Kier molecular flexibility index (Phi) is 4.44. The zero-order chi connectivity index (χ0) is 20.0. The molecule has 0 aliphatic carbocycles. The largest absolute Gasteiger partial charge is 0.465 e. The highest BCUT2D eigenvalue weighted by molar-refractivity contribution is 8.18. The Hall–Kier alpha value is -2.98. The molecule has 0 spiro atoms. The van der Waals surface area contributed by atoms with Crippen LogP contribution in [-0.4, -0.2) is 46.8 Å². The molecule has 4 heterocycles. The van der Waals surface area contributed by atoms with Crippen molar-refractivity contribution >= 4 is 63.2 Å². The van der Waals surface area contributed by atoms with Crippen LogP contribution in [0.2, 0.25) is 0 Å². The van der Waals surface area contributed by atoms with Gasteiger partial charge in [0.15, 0.2) is 5.17 Å². The first-order valence-corrected chi connectivity index (χ1v) is 10.4. The van der Waals surface area contributed by atoms with Gasteiger partial charge in [-0.3, -0.25) is 24.3 Å². The number of amidine groups is 1. The van der Waals surface area contributed by atoms with Crippen LogP contribution in [0.4, 0.5) is 16.2 Å². The van der Waals surface area contributed by atoms with Gasteiger partial charge in [-0.2, -0.15) is 0 Å². The molecule has 5 rings (SSSR count). The first kappa shape index (κ1) is 18.1. The monoisotopic (exact) mass is 426 g/mol. The molecular formula is C19H14N4O4S2. The molecule has 1 fully saturated rings. The second-order valence-corrected chi connectivity index (χ2v) is 8.43. The first-order valence-electron chi connectivity index (χ1n) is 8.81. The van der Waals surface area contributed by atoms with Gasteiger partial charge in [0.1, 0.15) is 12.3 Å². The Morgan fingerprint density at radius 3 is 3.00 bits per heavy atom. The molecule has 0 atom stereocenters. The lowest BCUT2D eigenvalue weighted by Crippen LogP contribution is -2.36. The molecule has 1 aromatic carbocycles. The fraction of sp³-hybridized carbons (Fsp3) is 0.158. The second-order valence-electron chi connectivity index (χ2n) is 6.43. The van der Waals surface area contributed by atoms with Crippen LogP contribution in [0.25, 0.3) is 6.08 Å². The van der Waals surface area contributed by atoms with E-state index in [1.165, 1.54) is 12.3 Å². The number of imide groups is 1. The number of anilines is 2. The number of furan rings is 1. The van der Waals surface area contributed by atoms with Gasteiger partial charge < -0.3 is 14.6 Å². The number of benzene rings is 1. The Labute approximate surface area is 174 Å². The Bertz CT molecular complexity index is 1090. The fourth-order valence-corrected chi connectivity index (χ4v) is 5.09. The molecule has 8 nitrogen and oxygen atoms in total. The molecule has 10 heteroatoms. The van der Waals surface area contributed by atoms with Gasteiger partial charge in [-0.15, -0.1) is 0 Å². The van der Waals surface area contributed by atoms with Gasteiger partial charge in [0.05, 0.1) is 23.4 Å². The molecule has 0 bridgehead atoms. The summed E-state index contributed by atoms with van der Waals surface area (Å²) in [6, 6.07) is 9.00. The molecule has 29 heavy (non-hydrogen) atoms. The third-order valence-electron chi connectivity index (χ3n) is 4.53. The maximum Gasteiger partial charge on any atom is 0.294 e. The summed E-state index contributed by atoms with van der Waals surface area (Å²) in [4.78, 5) is 45.9. The number of hydrogen-bond acceptors (Lipinski definition) is 8. The van der Waals surface area contributed by atoms with Gasteiger partial charge in [-0.05, 0) is 53.9 Å². The summed E-state index contributed by atoms with van der Waals surface area (Å²) in [5.41, 5.74) is 1.62. The number of thioether (sulfide) groups is 2. The van der Waals surface area contributed by atoms with Gasteiger partial charge in [-0.1, -0.05) is 0 Å². The molecular weight excluding hydrogens is 412 g/mol. The maximum absolute atomic E-state index is 12.5. The minimum atomic E-state index is -0.505. The normalized spacial score (nSPS) is 19.0. The van der Waals surface area contributed by atoms with Crippen molar-refractivity contribution in [2.75, 3.05) is 29.9 Å². The lowest BCUT2D eigenvalue weighted by Gasteiger charge is -2.15. The van der Waals surface area contributed by atoms with Crippen molar-refractivity contribution in [2.45, 2.75) is 4.90 Å². The number of nitrogens with one attached hydrogen (secondary N) is 1. The van der Waals surface area contributed by atoms with Crippen molar-refractivity contribution < 1.29 is 18.8 Å². The van der Waals surface area contributed by atoms with Gasteiger partial charge in [-0.25, -0.2) is 0 Å². The first-order chi connectivity index (χ1) is 14.1. The fourth-order valence-electron chi connectivity index (χ4n) is 3.21. The summed E-state index contributed by atoms with van der Waals surface area (Å²) in [5.74, 6) is -0.469. The van der Waals surface area contributed by atoms with Crippen molar-refractivity contribution in [3.63, 3.8) is 0 Å². The van der Waals surface area contributed by atoms with Crippen LogP contribution in [0.3, 0.4) is 0 Å². The van der Waals surface area contributed by atoms with E-state index < -0.39 is 17.1 Å². The van der Waals surface area contributed by atoms with Gasteiger partial charge >= 0.3 is 0 Å². The minimum Gasteiger partial charge on any atom is -0.465 e. The minimum absolute atomic E-state index is 0.230. The van der Waals surface area contributed by atoms with Crippen molar-refractivity contribution in [2.24, 2.45) is 4.99 Å². The van der Waals surface area contributed by atoms with E-state index in [-0.39, 0.29) is 11.4 Å². The van der Waals surface area contributed by atoms with E-state index in [0.717, 1.165) is 45.5 Å². The van der Waals surface area contributed by atoms with Gasteiger partial charge in [0.2, 0.25) is 5.91 Å². The van der Waals surface area contributed by atoms with Gasteiger partial charge in [0.25, 0.3) is 11.1 Å². The SMILES string of the molecule is O=C(CN1C(=O)SC(=Cc2ccco2)C1=O)Nc1ccc2c(c1)N1CCN=C1S2. The number of fused-ring (bicyclic) bond motifs is 3. The van der Waals surface area contributed by atoms with E-state index in [0.29, 0.717) is 11.4 Å².